The molecule has 0 saturated heterocycles. The summed E-state index contributed by atoms with van der Waals surface area (Å²) in [6.45, 7) is 14.6. The standard InChI is InChI=1S/C34H52NO/c1-7-34-29-15-14-26-22-27(35-20-9-8-10-21-35)16-18-32(26,5)28(29)17-19-33(34,6)30(23-31(34)36)25(4)13-11-12-24(2)3/h8-10,15,20-21,24-28,30H,7,11-14,16-19,22-23H2,1-6H3/q+1/t25-,26+,27+,28?,30-,32+,33-,34-/m1/s1. The molecule has 8 atom stereocenters. The smallest absolute Gasteiger partial charge is 0.169 e. The number of nitrogens with zero attached hydrogens (tertiary/aromatic N) is 1. The van der Waals surface area contributed by atoms with Gasteiger partial charge in [-0.1, -0.05) is 78.5 Å². The highest BCUT2D eigenvalue weighted by Crippen LogP contribution is 2.72. The van der Waals surface area contributed by atoms with Crippen molar-refractivity contribution in [2.45, 2.75) is 118 Å². The second-order valence-corrected chi connectivity index (χ2v) is 14.2. The molecular weight excluding hydrogens is 438 g/mol. The molecule has 198 valence electrons. The molecule has 0 radical (unpaired) electrons. The van der Waals surface area contributed by atoms with Gasteiger partial charge in [0.2, 0.25) is 0 Å². The maximum absolute atomic E-state index is 14.2. The molecule has 1 unspecified atom stereocenters. The van der Waals surface area contributed by atoms with E-state index in [0.29, 0.717) is 35.0 Å². The third-order valence-electron chi connectivity index (χ3n) is 12.2. The van der Waals surface area contributed by atoms with E-state index in [1.165, 1.54) is 57.8 Å². The topological polar surface area (TPSA) is 20.9 Å². The lowest BCUT2D eigenvalue weighted by Crippen LogP contribution is -2.56. The number of aromatic nitrogens is 1. The van der Waals surface area contributed by atoms with Crippen LogP contribution in [0.4, 0.5) is 0 Å². The monoisotopic (exact) mass is 490 g/mol. The Kier molecular flexibility index (Phi) is 7.05. The minimum Gasteiger partial charge on any atom is -0.299 e. The molecule has 0 spiro atoms. The van der Waals surface area contributed by atoms with E-state index in [2.05, 4.69) is 82.8 Å². The number of carbonyl (C=O) groups excluding carboxylic acids is 1. The Morgan fingerprint density at radius 1 is 1.03 bits per heavy atom. The zero-order chi connectivity index (χ0) is 25.7. The highest BCUT2D eigenvalue weighted by atomic mass is 16.1. The fraction of sp³-hybridized carbons (Fsp3) is 0.765. The number of rotatable bonds is 7. The van der Waals surface area contributed by atoms with Gasteiger partial charge in [-0.05, 0) is 72.5 Å². The molecule has 4 aliphatic rings. The van der Waals surface area contributed by atoms with Crippen molar-refractivity contribution in [2.24, 2.45) is 45.8 Å². The number of pyridine rings is 1. The average Bonchev–Trinajstić information content (AvgIpc) is 3.11. The quantitative estimate of drug-likeness (QED) is 0.277. The van der Waals surface area contributed by atoms with Crippen LogP contribution in [0, 0.1) is 45.8 Å². The summed E-state index contributed by atoms with van der Waals surface area (Å²) in [6, 6.07) is 7.09. The third-order valence-corrected chi connectivity index (χ3v) is 12.2. The molecule has 5 rings (SSSR count). The van der Waals surface area contributed by atoms with E-state index in [9.17, 15) is 4.79 Å². The van der Waals surface area contributed by atoms with Crippen molar-refractivity contribution in [1.82, 2.24) is 0 Å². The molecule has 0 aliphatic heterocycles. The molecule has 36 heavy (non-hydrogen) atoms. The van der Waals surface area contributed by atoms with Gasteiger partial charge in [0.1, 0.15) is 5.78 Å². The van der Waals surface area contributed by atoms with Crippen LogP contribution in [0.15, 0.2) is 42.2 Å². The Morgan fingerprint density at radius 3 is 2.47 bits per heavy atom. The SMILES string of the molecule is CC[C@@]12C(=O)C[C@H]([C@H](C)CCCC(C)C)[C@@]1(C)CCC1C2=CC[C@H]2C[C@@H]([n+]3ccccc3)CC[C@]12C. The number of fused-ring (bicyclic) bond motifs is 5. The molecule has 0 amide bonds. The molecule has 2 nitrogen and oxygen atoms in total. The van der Waals surface area contributed by atoms with Crippen LogP contribution >= 0.6 is 0 Å². The maximum Gasteiger partial charge on any atom is 0.169 e. The summed E-state index contributed by atoms with van der Waals surface area (Å²) in [5.41, 5.74) is 1.89. The van der Waals surface area contributed by atoms with Gasteiger partial charge in [-0.25, -0.2) is 4.57 Å². The first-order valence-corrected chi connectivity index (χ1v) is 15.4. The van der Waals surface area contributed by atoms with E-state index >= 15 is 0 Å². The van der Waals surface area contributed by atoms with Gasteiger partial charge in [-0.2, -0.15) is 0 Å². The fourth-order valence-electron chi connectivity index (χ4n) is 10.1. The summed E-state index contributed by atoms with van der Waals surface area (Å²) in [4.78, 5) is 14.2. The van der Waals surface area contributed by atoms with E-state index in [-0.39, 0.29) is 10.8 Å². The van der Waals surface area contributed by atoms with Crippen LogP contribution in [0.1, 0.15) is 118 Å². The number of ketones is 1. The van der Waals surface area contributed by atoms with Crippen LogP contribution in [0.5, 0.6) is 0 Å². The van der Waals surface area contributed by atoms with Crippen molar-refractivity contribution >= 4 is 5.78 Å². The first-order chi connectivity index (χ1) is 17.2. The third kappa shape index (κ3) is 3.87. The fourth-order valence-corrected chi connectivity index (χ4v) is 10.1. The number of Topliss-reactive ketones (excluding diaryl/α,β-unsaturated/α-hetero) is 1. The second kappa shape index (κ2) is 9.70. The van der Waals surface area contributed by atoms with Crippen LogP contribution in [0.3, 0.4) is 0 Å². The van der Waals surface area contributed by atoms with E-state index < -0.39 is 0 Å². The Balaban J connectivity index is 1.42. The van der Waals surface area contributed by atoms with E-state index in [1.807, 2.05) is 0 Å². The summed E-state index contributed by atoms with van der Waals surface area (Å²) < 4.78 is 2.45. The van der Waals surface area contributed by atoms with Crippen molar-refractivity contribution in [3.63, 3.8) is 0 Å². The maximum atomic E-state index is 14.2. The molecule has 0 N–H and O–H groups in total. The van der Waals surface area contributed by atoms with Gasteiger partial charge >= 0.3 is 0 Å². The van der Waals surface area contributed by atoms with Crippen molar-refractivity contribution in [3.05, 3.63) is 42.2 Å². The van der Waals surface area contributed by atoms with Crippen molar-refractivity contribution in [2.75, 3.05) is 0 Å². The minimum atomic E-state index is -0.202. The minimum absolute atomic E-state index is 0.138. The highest BCUT2D eigenvalue weighted by Gasteiger charge is 2.68. The van der Waals surface area contributed by atoms with Gasteiger partial charge in [-0.3, -0.25) is 4.79 Å². The predicted octanol–water partition coefficient (Wildman–Crippen LogP) is 8.52. The molecule has 1 heterocycles. The number of hydrogen-bond donors (Lipinski definition) is 0. The average molecular weight is 491 g/mol. The summed E-state index contributed by atoms with van der Waals surface area (Å²) in [5, 5.41) is 0. The summed E-state index contributed by atoms with van der Waals surface area (Å²) in [5.74, 6) is 3.91. The molecule has 3 saturated carbocycles. The van der Waals surface area contributed by atoms with Crippen LogP contribution in [-0.4, -0.2) is 5.78 Å². The van der Waals surface area contributed by atoms with Crippen LogP contribution in [-0.2, 0) is 4.79 Å². The van der Waals surface area contributed by atoms with Crippen molar-refractivity contribution in [3.8, 4) is 0 Å². The van der Waals surface area contributed by atoms with E-state index in [4.69, 9.17) is 0 Å². The molecule has 4 aliphatic carbocycles. The number of hydrogen-bond acceptors (Lipinski definition) is 1. The normalized spacial score (nSPS) is 40.9. The Hall–Kier alpha value is -1.44. The van der Waals surface area contributed by atoms with Crippen molar-refractivity contribution in [1.29, 1.82) is 0 Å². The molecule has 0 bridgehead atoms. The lowest BCUT2D eigenvalue weighted by atomic mass is 9.42. The second-order valence-electron chi connectivity index (χ2n) is 14.2. The van der Waals surface area contributed by atoms with Crippen LogP contribution in [0.25, 0.3) is 0 Å². The van der Waals surface area contributed by atoms with Crippen molar-refractivity contribution < 1.29 is 9.36 Å². The summed E-state index contributed by atoms with van der Waals surface area (Å²) in [7, 11) is 0. The van der Waals surface area contributed by atoms with Gasteiger partial charge < -0.3 is 0 Å². The predicted molar refractivity (Wildman–Crippen MR) is 148 cm³/mol. The van der Waals surface area contributed by atoms with E-state index in [0.717, 1.165) is 24.7 Å². The number of allylic oxidation sites excluding steroid dienone is 2. The Bertz CT molecular complexity index is 980. The molecular formula is C34H52NO+. The van der Waals surface area contributed by atoms with Gasteiger partial charge in [0.15, 0.2) is 18.4 Å². The number of carbonyl (C=O) groups is 1. The zero-order valence-electron chi connectivity index (χ0n) is 24.1. The highest BCUT2D eigenvalue weighted by molar-refractivity contribution is 5.92. The zero-order valence-corrected chi connectivity index (χ0v) is 24.1. The molecule has 0 aromatic carbocycles. The molecule has 3 fully saturated rings. The van der Waals surface area contributed by atoms with Crippen LogP contribution < -0.4 is 4.57 Å². The lowest BCUT2D eigenvalue weighted by Gasteiger charge is -2.61. The van der Waals surface area contributed by atoms with Gasteiger partial charge in [-0.15, -0.1) is 0 Å². The molecule has 1 aromatic rings. The summed E-state index contributed by atoms with van der Waals surface area (Å²) in [6.07, 6.45) is 20.4. The largest absolute Gasteiger partial charge is 0.299 e. The van der Waals surface area contributed by atoms with E-state index in [1.54, 1.807) is 5.57 Å². The molecule has 1 aromatic heterocycles. The Labute approximate surface area is 221 Å². The first kappa shape index (κ1) is 26.2. The Morgan fingerprint density at radius 2 is 1.78 bits per heavy atom. The van der Waals surface area contributed by atoms with Gasteiger partial charge in [0.05, 0.1) is 5.41 Å². The van der Waals surface area contributed by atoms with Crippen LogP contribution in [0.2, 0.25) is 0 Å². The first-order valence-electron chi connectivity index (χ1n) is 15.4. The summed E-state index contributed by atoms with van der Waals surface area (Å²) >= 11 is 0. The molecule has 2 heteroatoms. The lowest BCUT2D eigenvalue weighted by molar-refractivity contribution is -0.727. The van der Waals surface area contributed by atoms with Gasteiger partial charge in [0.25, 0.3) is 0 Å². The van der Waals surface area contributed by atoms with Gasteiger partial charge in [0, 0.05) is 31.4 Å².